The third-order valence-corrected chi connectivity index (χ3v) is 4.74. The minimum atomic E-state index is -0.587. The van der Waals surface area contributed by atoms with E-state index < -0.39 is 11.6 Å². The molecule has 0 aliphatic rings. The monoisotopic (exact) mass is 372 g/mol. The Hall–Kier alpha value is -2.27. The smallest absolute Gasteiger partial charge is 0.137 e. The van der Waals surface area contributed by atoms with Crippen LogP contribution in [0.5, 0.6) is 0 Å². The summed E-state index contributed by atoms with van der Waals surface area (Å²) in [4.78, 5) is 4.59. The van der Waals surface area contributed by atoms with E-state index in [2.05, 4.69) is 18.8 Å². The average molecular weight is 372 g/mol. The predicted octanol–water partition coefficient (Wildman–Crippen LogP) is 5.64. The van der Waals surface area contributed by atoms with E-state index in [0.717, 1.165) is 24.1 Å². The van der Waals surface area contributed by atoms with Gasteiger partial charge in [-0.2, -0.15) is 0 Å². The lowest BCUT2D eigenvalue weighted by Crippen LogP contribution is -2.17. The Bertz CT molecular complexity index is 926. The molecule has 0 aliphatic carbocycles. The number of ether oxygens (including phenoxy) is 1. The zero-order chi connectivity index (χ0) is 19.6. The van der Waals surface area contributed by atoms with Crippen molar-refractivity contribution in [3.63, 3.8) is 0 Å². The normalized spacial score (nSPS) is 12.7. The first-order valence-electron chi connectivity index (χ1n) is 9.49. The van der Waals surface area contributed by atoms with Gasteiger partial charge in [0.2, 0.25) is 0 Å². The summed E-state index contributed by atoms with van der Waals surface area (Å²) < 4.78 is 37.2. The first-order valence-corrected chi connectivity index (χ1v) is 9.49. The van der Waals surface area contributed by atoms with Gasteiger partial charge < -0.3 is 9.14 Å². The molecule has 3 aromatic rings. The van der Waals surface area contributed by atoms with Crippen LogP contribution in [0.15, 0.2) is 30.5 Å². The maximum atomic E-state index is 14.7. The van der Waals surface area contributed by atoms with Gasteiger partial charge in [-0.3, -0.25) is 0 Å². The summed E-state index contributed by atoms with van der Waals surface area (Å²) in [6.07, 6.45) is 4.17. The summed E-state index contributed by atoms with van der Waals surface area (Å²) in [5, 5.41) is 0. The van der Waals surface area contributed by atoms with Gasteiger partial charge in [0.25, 0.3) is 0 Å². The zero-order valence-corrected chi connectivity index (χ0v) is 16.4. The molecule has 0 amide bonds. The molecule has 0 bridgehead atoms. The second kappa shape index (κ2) is 8.17. The van der Waals surface area contributed by atoms with E-state index in [9.17, 15) is 8.78 Å². The van der Waals surface area contributed by atoms with Crippen molar-refractivity contribution in [1.29, 1.82) is 0 Å². The van der Waals surface area contributed by atoms with Crippen molar-refractivity contribution in [3.05, 3.63) is 58.9 Å². The number of halogens is 2. The van der Waals surface area contributed by atoms with Crippen LogP contribution >= 0.6 is 0 Å². The molecular weight excluding hydrogens is 346 g/mol. The minimum Gasteiger partial charge on any atom is -0.378 e. The number of pyridine rings is 1. The Morgan fingerprint density at radius 3 is 2.41 bits per heavy atom. The molecule has 0 N–H and O–H groups in total. The van der Waals surface area contributed by atoms with E-state index in [-0.39, 0.29) is 11.7 Å². The van der Waals surface area contributed by atoms with Crippen LogP contribution in [-0.4, -0.2) is 22.1 Å². The van der Waals surface area contributed by atoms with Gasteiger partial charge in [-0.15, -0.1) is 0 Å². The first kappa shape index (κ1) is 19.5. The topological polar surface area (TPSA) is 26.5 Å². The fraction of sp³-hybridized carbons (Fsp3) is 0.409. The van der Waals surface area contributed by atoms with E-state index in [0.29, 0.717) is 29.9 Å². The van der Waals surface area contributed by atoms with Crippen LogP contribution in [0.3, 0.4) is 0 Å². The van der Waals surface area contributed by atoms with Crippen molar-refractivity contribution < 1.29 is 13.5 Å². The summed E-state index contributed by atoms with van der Waals surface area (Å²) in [5.74, 6) is -1.17. The molecule has 27 heavy (non-hydrogen) atoms. The summed E-state index contributed by atoms with van der Waals surface area (Å²) in [6, 6.07) is 6.59. The number of hydrogen-bond donors (Lipinski definition) is 0. The molecule has 2 aromatic heterocycles. The molecule has 2 heterocycles. The molecule has 0 aliphatic heterocycles. The Morgan fingerprint density at radius 2 is 1.78 bits per heavy atom. The Labute approximate surface area is 159 Å². The summed E-state index contributed by atoms with van der Waals surface area (Å²) >= 11 is 0. The Morgan fingerprint density at radius 1 is 1.07 bits per heavy atom. The molecule has 0 spiro atoms. The van der Waals surface area contributed by atoms with E-state index in [1.807, 2.05) is 29.7 Å². The molecule has 0 saturated carbocycles. The van der Waals surface area contributed by atoms with Crippen LogP contribution in [0.25, 0.3) is 16.9 Å². The van der Waals surface area contributed by atoms with Crippen LogP contribution in [-0.2, 0) is 11.2 Å². The number of hydrogen-bond acceptors (Lipinski definition) is 2. The summed E-state index contributed by atoms with van der Waals surface area (Å²) in [7, 11) is 0. The maximum Gasteiger partial charge on any atom is 0.137 e. The molecule has 0 fully saturated rings. The standard InChI is InChI=1S/C22H26F2N2O/c1-5-9-27-16(6-2)13-19-22(21-17(23)10-15(4)11-18(21)24)25-20-12-14(3)7-8-26(19)20/h7-8,10-12,16H,5-6,9,13H2,1-4H3. The van der Waals surface area contributed by atoms with Gasteiger partial charge in [0.05, 0.1) is 23.1 Å². The molecular formula is C22H26F2N2O. The van der Waals surface area contributed by atoms with Crippen molar-refractivity contribution in [1.82, 2.24) is 9.38 Å². The highest BCUT2D eigenvalue weighted by Crippen LogP contribution is 2.31. The van der Waals surface area contributed by atoms with Crippen molar-refractivity contribution in [2.75, 3.05) is 6.61 Å². The van der Waals surface area contributed by atoms with Crippen LogP contribution in [0.1, 0.15) is 43.5 Å². The minimum absolute atomic E-state index is 0.0264. The highest BCUT2D eigenvalue weighted by Gasteiger charge is 2.23. The summed E-state index contributed by atoms with van der Waals surface area (Å²) in [5.41, 5.74) is 3.34. The highest BCUT2D eigenvalue weighted by atomic mass is 19.1. The maximum absolute atomic E-state index is 14.7. The predicted molar refractivity (Wildman–Crippen MR) is 104 cm³/mol. The number of fused-ring (bicyclic) bond motifs is 1. The molecule has 3 rings (SSSR count). The van der Waals surface area contributed by atoms with Crippen LogP contribution in [0, 0.1) is 25.5 Å². The van der Waals surface area contributed by atoms with Crippen molar-refractivity contribution >= 4 is 5.65 Å². The van der Waals surface area contributed by atoms with Gasteiger partial charge in [0, 0.05) is 19.2 Å². The fourth-order valence-electron chi connectivity index (χ4n) is 3.34. The number of aryl methyl sites for hydroxylation is 2. The van der Waals surface area contributed by atoms with Crippen molar-refractivity contribution in [3.8, 4) is 11.3 Å². The molecule has 1 unspecified atom stereocenters. The third-order valence-electron chi connectivity index (χ3n) is 4.74. The van der Waals surface area contributed by atoms with Crippen molar-refractivity contribution in [2.24, 2.45) is 0 Å². The van der Waals surface area contributed by atoms with E-state index in [1.54, 1.807) is 6.92 Å². The second-order valence-electron chi connectivity index (χ2n) is 7.05. The molecule has 0 saturated heterocycles. The number of rotatable bonds is 7. The zero-order valence-electron chi connectivity index (χ0n) is 16.4. The summed E-state index contributed by atoms with van der Waals surface area (Å²) in [6.45, 7) is 8.43. The van der Waals surface area contributed by atoms with Crippen molar-refractivity contribution in [2.45, 2.75) is 53.1 Å². The first-order chi connectivity index (χ1) is 12.9. The van der Waals surface area contributed by atoms with Gasteiger partial charge in [0.1, 0.15) is 17.3 Å². The lowest BCUT2D eigenvalue weighted by atomic mass is 10.0. The number of nitrogens with zero attached hydrogens (tertiary/aromatic N) is 2. The molecule has 3 nitrogen and oxygen atoms in total. The highest BCUT2D eigenvalue weighted by molar-refractivity contribution is 5.68. The molecule has 1 atom stereocenters. The van der Waals surface area contributed by atoms with Crippen LogP contribution < -0.4 is 0 Å². The van der Waals surface area contributed by atoms with E-state index in [4.69, 9.17) is 4.74 Å². The van der Waals surface area contributed by atoms with Gasteiger partial charge in [-0.25, -0.2) is 13.8 Å². The molecule has 1 aromatic carbocycles. The average Bonchev–Trinajstić information content (AvgIpc) is 2.94. The SMILES string of the molecule is CCCOC(CC)Cc1c(-c2c(F)cc(C)cc2F)nc2cc(C)ccn12. The van der Waals surface area contributed by atoms with Crippen LogP contribution in [0.2, 0.25) is 0 Å². The van der Waals surface area contributed by atoms with Crippen LogP contribution in [0.4, 0.5) is 8.78 Å². The molecule has 5 heteroatoms. The van der Waals surface area contributed by atoms with Gasteiger partial charge in [-0.1, -0.05) is 13.8 Å². The lowest BCUT2D eigenvalue weighted by molar-refractivity contribution is 0.0508. The number of benzene rings is 1. The second-order valence-corrected chi connectivity index (χ2v) is 7.05. The van der Waals surface area contributed by atoms with E-state index >= 15 is 0 Å². The van der Waals surface area contributed by atoms with E-state index in [1.165, 1.54) is 12.1 Å². The third kappa shape index (κ3) is 4.03. The van der Waals surface area contributed by atoms with Gasteiger partial charge >= 0.3 is 0 Å². The largest absolute Gasteiger partial charge is 0.378 e. The molecule has 0 radical (unpaired) electrons. The quantitative estimate of drug-likeness (QED) is 0.536. The molecule has 144 valence electrons. The number of aromatic nitrogens is 2. The lowest BCUT2D eigenvalue weighted by Gasteiger charge is -2.17. The Kier molecular flexibility index (Phi) is 5.90. The Balaban J connectivity index is 2.17. The van der Waals surface area contributed by atoms with Gasteiger partial charge in [-0.05, 0) is 62.1 Å². The fourth-order valence-corrected chi connectivity index (χ4v) is 3.34. The number of imidazole rings is 1. The van der Waals surface area contributed by atoms with Gasteiger partial charge in [0.15, 0.2) is 0 Å².